The highest BCUT2D eigenvalue weighted by atomic mass is 32.1. The van der Waals surface area contributed by atoms with Crippen molar-refractivity contribution < 1.29 is 4.79 Å². The number of aryl methyl sites for hydroxylation is 2. The van der Waals surface area contributed by atoms with Crippen molar-refractivity contribution in [3.63, 3.8) is 0 Å². The Bertz CT molecular complexity index is 1560. The molecule has 5 rings (SSSR count). The summed E-state index contributed by atoms with van der Waals surface area (Å²) >= 11 is 1.39. The van der Waals surface area contributed by atoms with E-state index in [-0.39, 0.29) is 18.0 Å². The molecule has 0 aliphatic heterocycles. The molecule has 3 heterocycles. The van der Waals surface area contributed by atoms with Gasteiger partial charge in [-0.05, 0) is 44.5 Å². The van der Waals surface area contributed by atoms with Gasteiger partial charge in [0.25, 0.3) is 5.56 Å². The number of thiophene rings is 1. The predicted octanol–water partition coefficient (Wildman–Crippen LogP) is 4.87. The highest BCUT2D eigenvalue weighted by Crippen LogP contribution is 2.30. The van der Waals surface area contributed by atoms with Crippen molar-refractivity contribution in [2.75, 3.05) is 5.32 Å². The van der Waals surface area contributed by atoms with E-state index in [1.807, 2.05) is 81.4 Å². The van der Waals surface area contributed by atoms with Crippen LogP contribution in [0.1, 0.15) is 17.0 Å². The molecule has 0 aliphatic carbocycles. The Labute approximate surface area is 200 Å². The van der Waals surface area contributed by atoms with Gasteiger partial charge in [0.05, 0.1) is 34.6 Å². The first kappa shape index (κ1) is 21.8. The number of benzene rings is 2. The molecule has 5 aromatic rings. The number of fused-ring (bicyclic) bond motifs is 1. The van der Waals surface area contributed by atoms with E-state index in [1.165, 1.54) is 22.2 Å². The van der Waals surface area contributed by atoms with Gasteiger partial charge in [-0.15, -0.1) is 11.3 Å². The van der Waals surface area contributed by atoms with Crippen LogP contribution in [0, 0.1) is 20.8 Å². The van der Waals surface area contributed by atoms with Gasteiger partial charge in [0.1, 0.15) is 11.2 Å². The monoisotopic (exact) mass is 469 g/mol. The number of hydrogen-bond donors (Lipinski definition) is 1. The van der Waals surface area contributed by atoms with Gasteiger partial charge in [-0.3, -0.25) is 14.2 Å². The topological polar surface area (TPSA) is 81.8 Å². The van der Waals surface area contributed by atoms with Crippen molar-refractivity contribution in [3.05, 3.63) is 94.3 Å². The van der Waals surface area contributed by atoms with Gasteiger partial charge in [0.15, 0.2) is 0 Å². The average Bonchev–Trinajstić information content (AvgIpc) is 3.39. The van der Waals surface area contributed by atoms with Gasteiger partial charge in [0.2, 0.25) is 5.91 Å². The number of rotatable bonds is 5. The summed E-state index contributed by atoms with van der Waals surface area (Å²) in [4.78, 5) is 31.3. The third kappa shape index (κ3) is 4.04. The molecule has 0 saturated heterocycles. The molecule has 7 nitrogen and oxygen atoms in total. The Balaban J connectivity index is 1.39. The smallest absolute Gasteiger partial charge is 0.271 e. The summed E-state index contributed by atoms with van der Waals surface area (Å²) in [6.45, 7) is 5.66. The molecule has 8 heteroatoms. The normalized spacial score (nSPS) is 11.1. The number of nitrogens with one attached hydrogen (secondary N) is 1. The van der Waals surface area contributed by atoms with Crippen molar-refractivity contribution in [2.24, 2.45) is 0 Å². The number of aromatic nitrogens is 4. The first-order chi connectivity index (χ1) is 16.4. The quantitative estimate of drug-likeness (QED) is 0.398. The zero-order chi connectivity index (χ0) is 23.8. The van der Waals surface area contributed by atoms with E-state index >= 15 is 0 Å². The Morgan fingerprint density at radius 2 is 1.76 bits per heavy atom. The van der Waals surface area contributed by atoms with Crippen molar-refractivity contribution in [1.29, 1.82) is 0 Å². The molecular weight excluding hydrogens is 446 g/mol. The van der Waals surface area contributed by atoms with Gasteiger partial charge in [-0.2, -0.15) is 5.10 Å². The molecule has 0 aliphatic rings. The lowest BCUT2D eigenvalue weighted by molar-refractivity contribution is -0.116. The summed E-state index contributed by atoms with van der Waals surface area (Å²) < 4.78 is 3.69. The van der Waals surface area contributed by atoms with E-state index in [0.29, 0.717) is 21.6 Å². The molecule has 1 N–H and O–H groups in total. The molecule has 0 saturated carbocycles. The number of amides is 1. The zero-order valence-electron chi connectivity index (χ0n) is 19.1. The summed E-state index contributed by atoms with van der Waals surface area (Å²) in [6.07, 6.45) is 1.43. The summed E-state index contributed by atoms with van der Waals surface area (Å²) in [5, 5.41) is 7.51. The van der Waals surface area contributed by atoms with Crippen LogP contribution in [0.25, 0.3) is 26.3 Å². The third-order valence-corrected chi connectivity index (χ3v) is 6.87. The number of hydrogen-bond acceptors (Lipinski definition) is 5. The maximum atomic E-state index is 13.0. The summed E-state index contributed by atoms with van der Waals surface area (Å²) in [6, 6.07) is 19.8. The van der Waals surface area contributed by atoms with Gasteiger partial charge in [-0.25, -0.2) is 9.67 Å². The minimum Gasteiger partial charge on any atom is -0.321 e. The Kier molecular flexibility index (Phi) is 5.59. The average molecular weight is 470 g/mol. The van der Waals surface area contributed by atoms with Gasteiger partial charge >= 0.3 is 0 Å². The second kappa shape index (κ2) is 8.72. The number of anilines is 1. The molecule has 2 aromatic carbocycles. The van der Waals surface area contributed by atoms with Crippen molar-refractivity contribution in [3.8, 4) is 16.1 Å². The van der Waals surface area contributed by atoms with Crippen LogP contribution in [-0.4, -0.2) is 25.2 Å². The van der Waals surface area contributed by atoms with Crippen molar-refractivity contribution >= 4 is 33.1 Å². The number of carbonyl (C=O) groups is 1. The van der Waals surface area contributed by atoms with Crippen LogP contribution < -0.4 is 10.9 Å². The molecule has 0 unspecified atom stereocenters. The van der Waals surface area contributed by atoms with Crippen LogP contribution in [0.5, 0.6) is 0 Å². The van der Waals surface area contributed by atoms with E-state index in [4.69, 9.17) is 0 Å². The van der Waals surface area contributed by atoms with Crippen LogP contribution in [0.2, 0.25) is 0 Å². The van der Waals surface area contributed by atoms with Crippen LogP contribution in [-0.2, 0) is 11.3 Å². The molecule has 0 spiro atoms. The lowest BCUT2D eigenvalue weighted by atomic mass is 10.2. The maximum Gasteiger partial charge on any atom is 0.271 e. The second-order valence-corrected chi connectivity index (χ2v) is 9.26. The molecule has 0 radical (unpaired) electrons. The fourth-order valence-electron chi connectivity index (χ4n) is 3.90. The molecule has 3 aromatic heterocycles. The molecule has 0 fully saturated rings. The Hall–Kier alpha value is -4.04. The minimum absolute atomic E-state index is 0.130. The van der Waals surface area contributed by atoms with Gasteiger partial charge in [-0.1, -0.05) is 48.0 Å². The Morgan fingerprint density at radius 3 is 2.50 bits per heavy atom. The predicted molar refractivity (Wildman–Crippen MR) is 136 cm³/mol. The zero-order valence-corrected chi connectivity index (χ0v) is 19.9. The molecule has 1 amide bonds. The van der Waals surface area contributed by atoms with Crippen LogP contribution in [0.15, 0.2) is 71.8 Å². The first-order valence-electron chi connectivity index (χ1n) is 10.9. The molecular formula is C26H23N5O2S. The van der Waals surface area contributed by atoms with E-state index in [9.17, 15) is 9.59 Å². The Morgan fingerprint density at radius 1 is 1.03 bits per heavy atom. The lowest BCUT2D eigenvalue weighted by Crippen LogP contribution is -2.27. The molecule has 170 valence electrons. The van der Waals surface area contributed by atoms with E-state index in [2.05, 4.69) is 15.4 Å². The maximum absolute atomic E-state index is 13.0. The number of carbonyl (C=O) groups excluding carboxylic acids is 1. The SMILES string of the molecule is Cc1ccc(-n2nc(C)c(NC(=O)Cn3cnc4cc(-c5ccccc5)sc4c3=O)c2C)cc1. The fourth-order valence-corrected chi connectivity index (χ4v) is 4.96. The van der Waals surface area contributed by atoms with E-state index in [1.54, 1.807) is 4.68 Å². The highest BCUT2D eigenvalue weighted by Gasteiger charge is 2.17. The standard InChI is InChI=1S/C26H23N5O2S/c1-16-9-11-20(12-10-16)31-18(3)24(17(2)29-31)28-23(32)14-30-15-27-21-13-22(34-25(21)26(30)33)19-7-5-4-6-8-19/h4-13,15H,14H2,1-3H3,(H,28,32). The fraction of sp³-hybridized carbons (Fsp3) is 0.154. The lowest BCUT2D eigenvalue weighted by Gasteiger charge is -2.08. The minimum atomic E-state index is -0.308. The number of nitrogens with zero attached hydrogens (tertiary/aromatic N) is 4. The van der Waals surface area contributed by atoms with E-state index < -0.39 is 0 Å². The van der Waals surface area contributed by atoms with Crippen molar-refractivity contribution in [1.82, 2.24) is 19.3 Å². The summed E-state index contributed by atoms with van der Waals surface area (Å²) in [5.74, 6) is -0.308. The van der Waals surface area contributed by atoms with Crippen molar-refractivity contribution in [2.45, 2.75) is 27.3 Å². The van der Waals surface area contributed by atoms with Crippen LogP contribution >= 0.6 is 11.3 Å². The van der Waals surface area contributed by atoms with Gasteiger partial charge < -0.3 is 5.32 Å². The van der Waals surface area contributed by atoms with E-state index in [0.717, 1.165) is 27.4 Å². The summed E-state index contributed by atoms with van der Waals surface area (Å²) in [7, 11) is 0. The summed E-state index contributed by atoms with van der Waals surface area (Å²) in [5.41, 5.74) is 5.70. The first-order valence-corrected chi connectivity index (χ1v) is 11.7. The molecule has 0 bridgehead atoms. The van der Waals surface area contributed by atoms with Gasteiger partial charge in [0, 0.05) is 4.88 Å². The molecule has 34 heavy (non-hydrogen) atoms. The van der Waals surface area contributed by atoms with Crippen LogP contribution in [0.3, 0.4) is 0 Å². The second-order valence-electron chi connectivity index (χ2n) is 8.21. The largest absolute Gasteiger partial charge is 0.321 e. The molecule has 0 atom stereocenters. The van der Waals surface area contributed by atoms with Crippen LogP contribution in [0.4, 0.5) is 5.69 Å². The highest BCUT2D eigenvalue weighted by molar-refractivity contribution is 7.22. The third-order valence-electron chi connectivity index (χ3n) is 5.71.